The average Bonchev–Trinajstić information content (AvgIpc) is 3.22. The van der Waals surface area contributed by atoms with Crippen LogP contribution >= 0.6 is 11.3 Å². The van der Waals surface area contributed by atoms with E-state index in [2.05, 4.69) is 20.6 Å². The van der Waals surface area contributed by atoms with Crippen molar-refractivity contribution in [3.05, 3.63) is 53.7 Å². The Morgan fingerprint density at radius 2 is 2.00 bits per heavy atom. The molecule has 6 nitrogen and oxygen atoms in total. The van der Waals surface area contributed by atoms with Crippen molar-refractivity contribution in [1.29, 1.82) is 0 Å². The van der Waals surface area contributed by atoms with Crippen molar-refractivity contribution in [3.63, 3.8) is 0 Å². The molecule has 0 fully saturated rings. The van der Waals surface area contributed by atoms with Gasteiger partial charge in [0.2, 0.25) is 10.8 Å². The average molecular weight is 297 g/mol. The topological polar surface area (TPSA) is 68.2 Å². The minimum absolute atomic E-state index is 0.622. The largest absolute Gasteiger partial charge is 0.461 e. The van der Waals surface area contributed by atoms with Gasteiger partial charge in [0.25, 0.3) is 0 Å². The maximum absolute atomic E-state index is 5.35. The van der Waals surface area contributed by atoms with E-state index in [-0.39, 0.29) is 0 Å². The molecule has 0 aliphatic rings. The molecule has 0 aliphatic carbocycles. The first-order valence-corrected chi connectivity index (χ1v) is 7.26. The summed E-state index contributed by atoms with van der Waals surface area (Å²) in [6, 6.07) is 13.7. The Bertz CT molecular complexity index is 850. The standard InChI is InChI=1S/C14H11N5OS/c1-2-5-10(6-3-1)15-9-12-18-19-13(11-7-4-8-20-11)16-17-14(19)21-12/h1-8,15H,9H2. The number of nitrogens with one attached hydrogen (secondary N) is 1. The van der Waals surface area contributed by atoms with Gasteiger partial charge in [0.05, 0.1) is 12.8 Å². The van der Waals surface area contributed by atoms with E-state index < -0.39 is 0 Å². The van der Waals surface area contributed by atoms with Crippen molar-refractivity contribution in [2.24, 2.45) is 0 Å². The molecule has 0 spiro atoms. The Kier molecular flexibility index (Phi) is 2.89. The highest BCUT2D eigenvalue weighted by Gasteiger charge is 2.14. The first-order valence-electron chi connectivity index (χ1n) is 6.44. The number of furan rings is 1. The Hall–Kier alpha value is -2.67. The van der Waals surface area contributed by atoms with Gasteiger partial charge in [-0.15, -0.1) is 10.2 Å². The quantitative estimate of drug-likeness (QED) is 0.627. The Labute approximate surface area is 124 Å². The van der Waals surface area contributed by atoms with Gasteiger partial charge in [0.1, 0.15) is 5.01 Å². The van der Waals surface area contributed by atoms with Crippen molar-refractivity contribution in [2.45, 2.75) is 6.54 Å². The molecular weight excluding hydrogens is 286 g/mol. The third kappa shape index (κ3) is 2.27. The van der Waals surface area contributed by atoms with Crippen molar-refractivity contribution >= 4 is 22.0 Å². The number of aromatic nitrogens is 4. The number of para-hydroxylation sites is 1. The van der Waals surface area contributed by atoms with Gasteiger partial charge in [-0.2, -0.15) is 9.61 Å². The van der Waals surface area contributed by atoms with Gasteiger partial charge in [0, 0.05) is 5.69 Å². The van der Waals surface area contributed by atoms with Crippen molar-refractivity contribution < 1.29 is 4.42 Å². The molecule has 3 aromatic heterocycles. The predicted octanol–water partition coefficient (Wildman–Crippen LogP) is 3.06. The fourth-order valence-electron chi connectivity index (χ4n) is 2.02. The van der Waals surface area contributed by atoms with Crippen LogP contribution in [0.25, 0.3) is 16.5 Å². The maximum atomic E-state index is 5.35. The lowest BCUT2D eigenvalue weighted by molar-refractivity contribution is 0.574. The maximum Gasteiger partial charge on any atom is 0.235 e. The van der Waals surface area contributed by atoms with Crippen LogP contribution in [-0.2, 0) is 6.54 Å². The fourth-order valence-corrected chi connectivity index (χ4v) is 2.79. The lowest BCUT2D eigenvalue weighted by atomic mass is 10.3. The van der Waals surface area contributed by atoms with Crippen LogP contribution in [0.2, 0.25) is 0 Å². The smallest absolute Gasteiger partial charge is 0.235 e. The highest BCUT2D eigenvalue weighted by molar-refractivity contribution is 7.16. The molecule has 0 bridgehead atoms. The fraction of sp³-hybridized carbons (Fsp3) is 0.0714. The first kappa shape index (κ1) is 12.1. The van der Waals surface area contributed by atoms with Crippen molar-refractivity contribution in [3.8, 4) is 11.6 Å². The summed E-state index contributed by atoms with van der Waals surface area (Å²) in [5.41, 5.74) is 1.06. The van der Waals surface area contributed by atoms with Gasteiger partial charge in [-0.1, -0.05) is 29.5 Å². The van der Waals surface area contributed by atoms with Gasteiger partial charge < -0.3 is 9.73 Å². The summed E-state index contributed by atoms with van der Waals surface area (Å²) in [7, 11) is 0. The van der Waals surface area contributed by atoms with Gasteiger partial charge >= 0.3 is 0 Å². The zero-order chi connectivity index (χ0) is 14.1. The lowest BCUT2D eigenvalue weighted by Crippen LogP contribution is -2.00. The number of hydrogen-bond donors (Lipinski definition) is 1. The summed E-state index contributed by atoms with van der Waals surface area (Å²) >= 11 is 1.51. The van der Waals surface area contributed by atoms with E-state index >= 15 is 0 Å². The van der Waals surface area contributed by atoms with Gasteiger partial charge in [-0.05, 0) is 24.3 Å². The molecule has 0 radical (unpaired) electrons. The third-order valence-electron chi connectivity index (χ3n) is 2.99. The first-order chi connectivity index (χ1) is 10.4. The van der Waals surface area contributed by atoms with E-state index in [1.807, 2.05) is 42.5 Å². The molecule has 0 saturated heterocycles. The number of fused-ring (bicyclic) bond motifs is 1. The normalized spacial score (nSPS) is 11.0. The van der Waals surface area contributed by atoms with E-state index in [0.717, 1.165) is 15.7 Å². The molecule has 1 N–H and O–H groups in total. The molecule has 0 amide bonds. The molecule has 0 saturated carbocycles. The van der Waals surface area contributed by atoms with Crippen LogP contribution in [-0.4, -0.2) is 19.8 Å². The number of nitrogens with zero attached hydrogens (tertiary/aromatic N) is 4. The lowest BCUT2D eigenvalue weighted by Gasteiger charge is -2.02. The predicted molar refractivity (Wildman–Crippen MR) is 80.1 cm³/mol. The van der Waals surface area contributed by atoms with Crippen LogP contribution in [0.3, 0.4) is 0 Å². The van der Waals surface area contributed by atoms with Crippen LogP contribution in [0.15, 0.2) is 53.1 Å². The van der Waals surface area contributed by atoms with E-state index in [0.29, 0.717) is 18.1 Å². The molecule has 4 aromatic rings. The second-order valence-corrected chi connectivity index (χ2v) is 5.45. The molecule has 4 rings (SSSR count). The Morgan fingerprint density at radius 1 is 1.10 bits per heavy atom. The molecule has 0 aliphatic heterocycles. The van der Waals surface area contributed by atoms with Gasteiger partial charge in [-0.3, -0.25) is 0 Å². The monoisotopic (exact) mass is 297 g/mol. The summed E-state index contributed by atoms with van der Waals surface area (Å²) in [5, 5.41) is 17.0. The van der Waals surface area contributed by atoms with Crippen LogP contribution < -0.4 is 5.32 Å². The molecule has 0 atom stereocenters. The molecule has 104 valence electrons. The second kappa shape index (κ2) is 5.02. The van der Waals surface area contributed by atoms with Crippen LogP contribution in [0.5, 0.6) is 0 Å². The summed E-state index contributed by atoms with van der Waals surface area (Å²) in [6.45, 7) is 0.648. The van der Waals surface area contributed by atoms with Crippen molar-refractivity contribution in [1.82, 2.24) is 19.8 Å². The minimum atomic E-state index is 0.622. The summed E-state index contributed by atoms with van der Waals surface area (Å²) in [6.07, 6.45) is 1.61. The SMILES string of the molecule is c1ccc(NCc2nn3c(-c4ccco4)nnc3s2)cc1. The van der Waals surface area contributed by atoms with Crippen LogP contribution in [0.4, 0.5) is 5.69 Å². The molecular formula is C14H11N5OS. The Balaban J connectivity index is 1.60. The second-order valence-electron chi connectivity index (χ2n) is 4.41. The molecule has 7 heteroatoms. The molecule has 1 aromatic carbocycles. The third-order valence-corrected chi connectivity index (χ3v) is 3.89. The number of hydrogen-bond acceptors (Lipinski definition) is 6. The number of benzene rings is 1. The van der Waals surface area contributed by atoms with Crippen LogP contribution in [0.1, 0.15) is 5.01 Å². The van der Waals surface area contributed by atoms with Gasteiger partial charge in [-0.25, -0.2) is 0 Å². The Morgan fingerprint density at radius 3 is 2.81 bits per heavy atom. The summed E-state index contributed by atoms with van der Waals surface area (Å²) < 4.78 is 7.06. The van der Waals surface area contributed by atoms with E-state index in [1.54, 1.807) is 10.8 Å². The van der Waals surface area contributed by atoms with Crippen LogP contribution in [0, 0.1) is 0 Å². The summed E-state index contributed by atoms with van der Waals surface area (Å²) in [4.78, 5) is 0.756. The molecule has 0 unspecified atom stereocenters. The van der Waals surface area contributed by atoms with E-state index in [9.17, 15) is 0 Å². The zero-order valence-corrected chi connectivity index (χ0v) is 11.7. The van der Waals surface area contributed by atoms with E-state index in [1.165, 1.54) is 11.3 Å². The number of anilines is 1. The van der Waals surface area contributed by atoms with E-state index in [4.69, 9.17) is 4.42 Å². The highest BCUT2D eigenvalue weighted by Crippen LogP contribution is 2.22. The number of rotatable bonds is 4. The highest BCUT2D eigenvalue weighted by atomic mass is 32.1. The van der Waals surface area contributed by atoms with Crippen molar-refractivity contribution in [2.75, 3.05) is 5.32 Å². The molecule has 3 heterocycles. The van der Waals surface area contributed by atoms with Gasteiger partial charge in [0.15, 0.2) is 5.76 Å². The minimum Gasteiger partial charge on any atom is -0.461 e. The molecule has 21 heavy (non-hydrogen) atoms. The zero-order valence-electron chi connectivity index (χ0n) is 10.9. The summed E-state index contributed by atoms with van der Waals surface area (Å²) in [5.74, 6) is 1.28.